The van der Waals surface area contributed by atoms with E-state index in [0.29, 0.717) is 5.75 Å². The lowest BCUT2D eigenvalue weighted by atomic mass is 10.6. The number of amides is 4. The molecule has 0 saturated heterocycles. The van der Waals surface area contributed by atoms with Gasteiger partial charge in [-0.05, 0) is 23.9 Å². The van der Waals surface area contributed by atoms with Crippen LogP contribution in [-0.4, -0.2) is 35.0 Å². The molecule has 1 atom stereocenters. The number of nitrogens with one attached hydrogen (secondary N) is 2. The Labute approximate surface area is 118 Å². The van der Waals surface area contributed by atoms with Crippen molar-refractivity contribution in [2.45, 2.75) is 12.2 Å². The van der Waals surface area contributed by atoms with E-state index in [1.165, 1.54) is 0 Å². The van der Waals surface area contributed by atoms with Crippen molar-refractivity contribution in [2.24, 2.45) is 31.7 Å². The van der Waals surface area contributed by atoms with Gasteiger partial charge >= 0.3 is 12.1 Å². The Morgan fingerprint density at radius 2 is 1.53 bits per heavy atom. The quantitative estimate of drug-likeness (QED) is 0.206. The molecule has 108 valence electrons. The van der Waals surface area contributed by atoms with Gasteiger partial charge in [0.05, 0.1) is 0 Å². The Hall–Kier alpha value is -1.82. The van der Waals surface area contributed by atoms with Gasteiger partial charge in [-0.3, -0.25) is 10.6 Å². The highest BCUT2D eigenvalue weighted by molar-refractivity contribution is 8.02. The molecule has 0 rings (SSSR count). The standard InChI is InChI=1S/C7H16N8O2S2/c1-3(19-15-5(9)13-7(11)17)2-18-14-4(8)12-6(10)16/h3H,2H2,1H3,(H5,8,10,12,14,16)(H5,9,11,13,15,17). The maximum absolute atomic E-state index is 10.5. The molecule has 0 aliphatic carbocycles. The van der Waals surface area contributed by atoms with E-state index in [9.17, 15) is 9.59 Å². The van der Waals surface area contributed by atoms with E-state index < -0.39 is 12.1 Å². The van der Waals surface area contributed by atoms with Crippen molar-refractivity contribution in [3.05, 3.63) is 0 Å². The molecule has 0 aliphatic rings. The Bertz CT molecular complexity index is 385. The van der Waals surface area contributed by atoms with Crippen LogP contribution in [0.2, 0.25) is 0 Å². The molecule has 0 radical (unpaired) electrons. The van der Waals surface area contributed by atoms with Crippen molar-refractivity contribution in [3.63, 3.8) is 0 Å². The Kier molecular flexibility index (Phi) is 8.28. The first-order valence-corrected chi connectivity index (χ1v) is 6.66. The number of carbonyl (C=O) groups excluding carboxylic acids is 2. The SMILES string of the molecule is CC(CSN=C(N)NC(N)=O)SN=C(N)NC(N)=O. The van der Waals surface area contributed by atoms with E-state index in [0.717, 1.165) is 23.9 Å². The third-order valence-electron chi connectivity index (χ3n) is 1.31. The number of guanidine groups is 2. The minimum atomic E-state index is -0.779. The molecule has 19 heavy (non-hydrogen) atoms. The zero-order valence-electron chi connectivity index (χ0n) is 10.1. The van der Waals surface area contributed by atoms with Crippen LogP contribution in [0.1, 0.15) is 6.92 Å². The number of primary amides is 2. The van der Waals surface area contributed by atoms with Crippen LogP contribution < -0.4 is 33.6 Å². The predicted octanol–water partition coefficient (Wildman–Crippen LogP) is -1.36. The molecule has 0 aromatic carbocycles. The molecule has 0 aromatic heterocycles. The van der Waals surface area contributed by atoms with Crippen molar-refractivity contribution >= 4 is 47.9 Å². The molecule has 10 nitrogen and oxygen atoms in total. The minimum absolute atomic E-state index is 0.0448. The van der Waals surface area contributed by atoms with Crippen LogP contribution >= 0.6 is 23.9 Å². The third-order valence-corrected chi connectivity index (χ3v) is 3.32. The monoisotopic (exact) mass is 308 g/mol. The highest BCUT2D eigenvalue weighted by Crippen LogP contribution is 2.17. The molecule has 0 aliphatic heterocycles. The lowest BCUT2D eigenvalue weighted by molar-refractivity contribution is 0.252. The van der Waals surface area contributed by atoms with E-state index in [1.807, 2.05) is 6.92 Å². The molecular formula is C7H16N8O2S2. The summed E-state index contributed by atoms with van der Waals surface area (Å²) in [4.78, 5) is 20.9. The van der Waals surface area contributed by atoms with Gasteiger partial charge in [0.1, 0.15) is 0 Å². The fourth-order valence-electron chi connectivity index (χ4n) is 0.687. The van der Waals surface area contributed by atoms with Crippen molar-refractivity contribution in [2.75, 3.05) is 5.75 Å². The normalized spacial score (nSPS) is 13.7. The number of urea groups is 2. The second-order valence-electron chi connectivity index (χ2n) is 3.14. The van der Waals surface area contributed by atoms with Crippen molar-refractivity contribution in [3.8, 4) is 0 Å². The second kappa shape index (κ2) is 9.16. The summed E-state index contributed by atoms with van der Waals surface area (Å²) in [6.45, 7) is 1.87. The third kappa shape index (κ3) is 11.0. The van der Waals surface area contributed by atoms with Gasteiger partial charge in [0.2, 0.25) is 11.9 Å². The zero-order valence-corrected chi connectivity index (χ0v) is 11.8. The van der Waals surface area contributed by atoms with E-state index in [-0.39, 0.29) is 17.2 Å². The lowest BCUT2D eigenvalue weighted by Crippen LogP contribution is -2.40. The van der Waals surface area contributed by atoms with Crippen LogP contribution in [0.4, 0.5) is 9.59 Å². The number of nitrogens with zero attached hydrogens (tertiary/aromatic N) is 2. The summed E-state index contributed by atoms with van der Waals surface area (Å²) in [5.41, 5.74) is 20.4. The summed E-state index contributed by atoms with van der Waals surface area (Å²) in [6, 6.07) is -1.56. The molecular weight excluding hydrogens is 292 g/mol. The van der Waals surface area contributed by atoms with Gasteiger partial charge in [0.15, 0.2) is 0 Å². The number of nitrogens with two attached hydrogens (primary N) is 4. The Balaban J connectivity index is 3.96. The molecule has 1 unspecified atom stereocenters. The molecule has 10 N–H and O–H groups in total. The molecule has 0 spiro atoms. The fourth-order valence-corrected chi connectivity index (χ4v) is 1.92. The van der Waals surface area contributed by atoms with Gasteiger partial charge in [0.25, 0.3) is 0 Å². The highest BCUT2D eigenvalue weighted by Gasteiger charge is 2.04. The number of rotatable bonds is 5. The van der Waals surface area contributed by atoms with Crippen LogP contribution in [0.15, 0.2) is 8.80 Å². The molecule has 12 heteroatoms. The predicted molar refractivity (Wildman–Crippen MR) is 78.2 cm³/mol. The smallest absolute Gasteiger partial charge is 0.318 e. The van der Waals surface area contributed by atoms with Crippen LogP contribution in [0.25, 0.3) is 0 Å². The van der Waals surface area contributed by atoms with Gasteiger partial charge in [-0.25, -0.2) is 9.59 Å². The van der Waals surface area contributed by atoms with Crippen LogP contribution in [-0.2, 0) is 0 Å². The second-order valence-corrected chi connectivity index (χ2v) is 5.12. The first-order valence-electron chi connectivity index (χ1n) is 4.89. The molecule has 0 aromatic rings. The van der Waals surface area contributed by atoms with Gasteiger partial charge in [0, 0.05) is 11.0 Å². The topological polar surface area (TPSA) is 187 Å². The van der Waals surface area contributed by atoms with E-state index in [1.54, 1.807) is 0 Å². The minimum Gasteiger partial charge on any atom is -0.369 e. The highest BCUT2D eigenvalue weighted by atomic mass is 32.2. The summed E-state index contributed by atoms with van der Waals surface area (Å²) < 4.78 is 7.62. The summed E-state index contributed by atoms with van der Waals surface area (Å²) >= 11 is 2.27. The van der Waals surface area contributed by atoms with Crippen molar-refractivity contribution in [1.82, 2.24) is 10.6 Å². The summed E-state index contributed by atoms with van der Waals surface area (Å²) in [5, 5.41) is 4.29. The maximum Gasteiger partial charge on any atom is 0.318 e. The van der Waals surface area contributed by atoms with Gasteiger partial charge < -0.3 is 22.9 Å². The van der Waals surface area contributed by atoms with Crippen molar-refractivity contribution < 1.29 is 9.59 Å². The number of hydrogen-bond donors (Lipinski definition) is 6. The van der Waals surface area contributed by atoms with E-state index in [4.69, 9.17) is 22.9 Å². The largest absolute Gasteiger partial charge is 0.369 e. The first-order chi connectivity index (χ1) is 8.81. The van der Waals surface area contributed by atoms with Gasteiger partial charge in [-0.2, -0.15) is 8.80 Å². The number of carbonyl (C=O) groups is 2. The van der Waals surface area contributed by atoms with E-state index >= 15 is 0 Å². The van der Waals surface area contributed by atoms with Crippen LogP contribution in [0.5, 0.6) is 0 Å². The molecule has 0 fully saturated rings. The van der Waals surface area contributed by atoms with Gasteiger partial charge in [-0.15, -0.1) is 0 Å². The first kappa shape index (κ1) is 17.2. The molecule has 0 heterocycles. The van der Waals surface area contributed by atoms with Gasteiger partial charge in [-0.1, -0.05) is 6.92 Å². The Morgan fingerprint density at radius 1 is 1.05 bits per heavy atom. The zero-order chi connectivity index (χ0) is 14.8. The fraction of sp³-hybridized carbons (Fsp3) is 0.429. The molecule has 0 saturated carbocycles. The summed E-state index contributed by atoms with van der Waals surface area (Å²) in [6.07, 6.45) is 0. The van der Waals surface area contributed by atoms with Crippen molar-refractivity contribution in [1.29, 1.82) is 0 Å². The van der Waals surface area contributed by atoms with Crippen LogP contribution in [0, 0.1) is 0 Å². The maximum atomic E-state index is 10.5. The Morgan fingerprint density at radius 3 is 2.00 bits per heavy atom. The van der Waals surface area contributed by atoms with Crippen LogP contribution in [0.3, 0.4) is 0 Å². The molecule has 0 bridgehead atoms. The number of hydrogen-bond acceptors (Lipinski definition) is 6. The lowest BCUT2D eigenvalue weighted by Gasteiger charge is -2.06. The summed E-state index contributed by atoms with van der Waals surface area (Å²) in [5.74, 6) is 0.403. The molecule has 4 amide bonds. The summed E-state index contributed by atoms with van der Waals surface area (Å²) in [7, 11) is 0. The average Bonchev–Trinajstić information content (AvgIpc) is 2.24. The van der Waals surface area contributed by atoms with E-state index in [2.05, 4.69) is 19.4 Å². The average molecular weight is 308 g/mol.